The number of rotatable bonds is 7. The second-order valence-corrected chi connectivity index (χ2v) is 9.37. The van der Waals surface area contributed by atoms with Gasteiger partial charge in [0.25, 0.3) is 0 Å². The molecule has 3 N–H and O–H groups in total. The van der Waals surface area contributed by atoms with Crippen LogP contribution in [0.2, 0.25) is 0 Å². The summed E-state index contributed by atoms with van der Waals surface area (Å²) in [5.41, 5.74) is 6.25. The predicted molar refractivity (Wildman–Crippen MR) is 139 cm³/mol. The van der Waals surface area contributed by atoms with Crippen LogP contribution < -0.4 is 5.32 Å². The first-order valence-corrected chi connectivity index (χ1v) is 12.3. The fraction of sp³-hybridized carbons (Fsp3) is 0.310. The monoisotopic (exact) mass is 452 g/mol. The number of nitrogens with one attached hydrogen (secondary N) is 2. The van der Waals surface area contributed by atoms with Crippen LogP contribution in [-0.2, 0) is 12.8 Å². The van der Waals surface area contributed by atoms with Crippen LogP contribution in [-0.4, -0.2) is 26.2 Å². The first-order valence-electron chi connectivity index (χ1n) is 12.3. The van der Waals surface area contributed by atoms with E-state index in [0.29, 0.717) is 17.3 Å². The Bertz CT molecular complexity index is 1300. The van der Waals surface area contributed by atoms with Crippen molar-refractivity contribution in [2.75, 3.05) is 5.32 Å². The Morgan fingerprint density at radius 2 is 1.76 bits per heavy atom. The Labute approximate surface area is 201 Å². The smallest absolute Gasteiger partial charge is 0.139 e. The first kappa shape index (κ1) is 22.2. The summed E-state index contributed by atoms with van der Waals surface area (Å²) >= 11 is 0. The molecule has 4 aromatic rings. The topological polar surface area (TPSA) is 73.4 Å². The van der Waals surface area contributed by atoms with Gasteiger partial charge in [0.1, 0.15) is 17.2 Å². The fourth-order valence-corrected chi connectivity index (χ4v) is 4.96. The summed E-state index contributed by atoms with van der Waals surface area (Å²) in [7, 11) is 0. The lowest BCUT2D eigenvalue weighted by Crippen LogP contribution is -2.23. The van der Waals surface area contributed by atoms with Gasteiger partial charge in [0.2, 0.25) is 0 Å². The quantitative estimate of drug-likeness (QED) is 0.276. The molecule has 1 aliphatic rings. The summed E-state index contributed by atoms with van der Waals surface area (Å²) in [6, 6.07) is 20.7. The maximum Gasteiger partial charge on any atom is 0.139 e. The molecule has 34 heavy (non-hydrogen) atoms. The normalized spacial score (nSPS) is 14.4. The van der Waals surface area contributed by atoms with E-state index in [-0.39, 0.29) is 5.75 Å². The van der Waals surface area contributed by atoms with Crippen molar-refractivity contribution >= 4 is 17.2 Å². The lowest BCUT2D eigenvalue weighted by atomic mass is 9.95. The third-order valence-electron chi connectivity index (χ3n) is 6.87. The van der Waals surface area contributed by atoms with Gasteiger partial charge in [-0.1, -0.05) is 55.7 Å². The molecule has 5 nitrogen and oxygen atoms in total. The molecule has 5 heteroatoms. The van der Waals surface area contributed by atoms with E-state index in [1.807, 2.05) is 12.1 Å². The zero-order chi connectivity index (χ0) is 23.5. The van der Waals surface area contributed by atoms with Crippen LogP contribution in [0.4, 0.5) is 5.82 Å². The van der Waals surface area contributed by atoms with Gasteiger partial charge >= 0.3 is 0 Å². The molecular formula is C29H32N4O. The highest BCUT2D eigenvalue weighted by Crippen LogP contribution is 2.30. The number of aromatic nitrogens is 2. The minimum atomic E-state index is 0.139. The van der Waals surface area contributed by atoms with Gasteiger partial charge in [0, 0.05) is 23.5 Å². The summed E-state index contributed by atoms with van der Waals surface area (Å²) in [5.74, 6) is 1.26. The molecule has 5 rings (SSSR count). The van der Waals surface area contributed by atoms with Gasteiger partial charge in [-0.25, -0.2) is 4.98 Å². The molecular weight excluding hydrogens is 420 g/mol. The molecule has 0 saturated heterocycles. The van der Waals surface area contributed by atoms with E-state index in [1.165, 1.54) is 37.7 Å². The van der Waals surface area contributed by atoms with E-state index in [0.717, 1.165) is 41.1 Å². The highest BCUT2D eigenvalue weighted by atomic mass is 16.3. The van der Waals surface area contributed by atoms with Crippen molar-refractivity contribution < 1.29 is 5.11 Å². The Balaban J connectivity index is 1.51. The number of anilines is 1. The van der Waals surface area contributed by atoms with Crippen molar-refractivity contribution in [3.05, 3.63) is 83.7 Å². The van der Waals surface area contributed by atoms with Crippen molar-refractivity contribution in [1.29, 1.82) is 5.41 Å². The van der Waals surface area contributed by atoms with Gasteiger partial charge in [-0.3, -0.25) is 4.40 Å². The van der Waals surface area contributed by atoms with Crippen LogP contribution in [0.15, 0.2) is 66.9 Å². The number of benzene rings is 2. The van der Waals surface area contributed by atoms with Gasteiger partial charge in [0.05, 0.1) is 5.69 Å². The van der Waals surface area contributed by atoms with Crippen molar-refractivity contribution in [3.63, 3.8) is 0 Å². The number of pyridine rings is 1. The van der Waals surface area contributed by atoms with Gasteiger partial charge in [-0.15, -0.1) is 0 Å². The molecule has 1 aliphatic carbocycles. The third-order valence-corrected chi connectivity index (χ3v) is 6.87. The number of fused-ring (bicyclic) bond motifs is 1. The predicted octanol–water partition coefficient (Wildman–Crippen LogP) is 6.62. The van der Waals surface area contributed by atoms with Crippen molar-refractivity contribution in [1.82, 2.24) is 9.38 Å². The zero-order valence-corrected chi connectivity index (χ0v) is 19.7. The Morgan fingerprint density at radius 1 is 1.00 bits per heavy atom. The number of nitrogens with zero attached hydrogens (tertiary/aromatic N) is 2. The van der Waals surface area contributed by atoms with Gasteiger partial charge in [0.15, 0.2) is 0 Å². The number of phenols is 1. The third kappa shape index (κ3) is 4.69. The molecule has 2 aromatic carbocycles. The molecule has 0 aliphatic heterocycles. The molecule has 0 radical (unpaired) electrons. The zero-order valence-electron chi connectivity index (χ0n) is 19.7. The fourth-order valence-electron chi connectivity index (χ4n) is 4.96. The van der Waals surface area contributed by atoms with E-state index in [1.54, 1.807) is 13.0 Å². The molecule has 1 fully saturated rings. The van der Waals surface area contributed by atoms with E-state index in [4.69, 9.17) is 10.4 Å². The molecule has 0 bridgehead atoms. The molecule has 0 unspecified atom stereocenters. The molecule has 0 amide bonds. The SMILES string of the molecule is CC(=N)c1cc(-c2ccn3c(NC4CCCCC4)c(CCc4ccccc4)nc3c2)ccc1O. The van der Waals surface area contributed by atoms with Crippen LogP contribution in [0.25, 0.3) is 16.8 Å². The second kappa shape index (κ2) is 9.72. The van der Waals surface area contributed by atoms with E-state index >= 15 is 0 Å². The van der Waals surface area contributed by atoms with Crippen LogP contribution in [0.5, 0.6) is 5.75 Å². The number of phenolic OH excluding ortho intramolecular Hbond substituents is 1. The van der Waals surface area contributed by atoms with E-state index < -0.39 is 0 Å². The summed E-state index contributed by atoms with van der Waals surface area (Å²) < 4.78 is 2.18. The maximum absolute atomic E-state index is 10.1. The lowest BCUT2D eigenvalue weighted by Gasteiger charge is -2.24. The Morgan fingerprint density at radius 3 is 2.53 bits per heavy atom. The number of aryl methyl sites for hydroxylation is 2. The summed E-state index contributed by atoms with van der Waals surface area (Å²) in [6.45, 7) is 1.69. The number of aromatic hydroxyl groups is 1. The number of hydrogen-bond acceptors (Lipinski definition) is 4. The van der Waals surface area contributed by atoms with E-state index in [2.05, 4.69) is 58.4 Å². The van der Waals surface area contributed by atoms with Crippen molar-refractivity contribution in [2.24, 2.45) is 0 Å². The molecule has 2 heterocycles. The average molecular weight is 453 g/mol. The van der Waals surface area contributed by atoms with Gasteiger partial charge < -0.3 is 15.8 Å². The Kier molecular flexibility index (Phi) is 6.35. The summed E-state index contributed by atoms with van der Waals surface area (Å²) in [5, 5.41) is 21.9. The standard InChI is InChI=1S/C29H32N4O/c1-20(30)25-18-22(13-15-27(25)34)23-16-17-33-28(19-23)32-26(14-12-21-8-4-2-5-9-21)29(33)31-24-10-6-3-7-11-24/h2,4-5,8-9,13,15-19,24,30-31,34H,3,6-7,10-12,14H2,1H3. The van der Waals surface area contributed by atoms with Gasteiger partial charge in [-0.2, -0.15) is 0 Å². The molecule has 1 saturated carbocycles. The average Bonchev–Trinajstić information content (AvgIpc) is 3.20. The highest BCUT2D eigenvalue weighted by molar-refractivity contribution is 5.99. The minimum absolute atomic E-state index is 0.139. The largest absolute Gasteiger partial charge is 0.507 e. The summed E-state index contributed by atoms with van der Waals surface area (Å²) in [6.07, 6.45) is 10.3. The van der Waals surface area contributed by atoms with Gasteiger partial charge in [-0.05, 0) is 73.6 Å². The van der Waals surface area contributed by atoms with Crippen LogP contribution in [0, 0.1) is 5.41 Å². The van der Waals surface area contributed by atoms with Crippen LogP contribution >= 0.6 is 0 Å². The van der Waals surface area contributed by atoms with Crippen molar-refractivity contribution in [2.45, 2.75) is 57.9 Å². The van der Waals surface area contributed by atoms with Crippen LogP contribution in [0.1, 0.15) is 55.8 Å². The second-order valence-electron chi connectivity index (χ2n) is 9.37. The van der Waals surface area contributed by atoms with E-state index in [9.17, 15) is 5.11 Å². The van der Waals surface area contributed by atoms with Crippen molar-refractivity contribution in [3.8, 4) is 16.9 Å². The Hall–Kier alpha value is -3.60. The lowest BCUT2D eigenvalue weighted by molar-refractivity contribution is 0.461. The molecule has 0 spiro atoms. The van der Waals surface area contributed by atoms with Crippen LogP contribution in [0.3, 0.4) is 0 Å². The number of imidazole rings is 1. The molecule has 2 aromatic heterocycles. The summed E-state index contributed by atoms with van der Waals surface area (Å²) in [4.78, 5) is 5.06. The first-order chi connectivity index (χ1) is 16.6. The minimum Gasteiger partial charge on any atom is -0.507 e. The highest BCUT2D eigenvalue weighted by Gasteiger charge is 2.19. The maximum atomic E-state index is 10.1. The molecule has 174 valence electrons. The molecule has 0 atom stereocenters. The number of hydrogen-bond donors (Lipinski definition) is 3.